The normalized spacial score (nSPS) is 25.8. The molecule has 1 aromatic carbocycles. The second-order valence-corrected chi connectivity index (χ2v) is 7.62. The maximum atomic E-state index is 11.6. The number of nitrogens with zero attached hydrogens (tertiary/aromatic N) is 1. The van der Waals surface area contributed by atoms with E-state index >= 15 is 0 Å². The number of amides is 1. The molecule has 0 aromatic heterocycles. The number of benzene rings is 1. The highest BCUT2D eigenvalue weighted by atomic mass is 35.5. The minimum absolute atomic E-state index is 0.0487. The SMILES string of the molecule is C=CC1(c2ccc(Cl)cc2)CCN(C(=O)O)C(C(C)(C)C)C1. The van der Waals surface area contributed by atoms with Crippen molar-refractivity contribution in [3.63, 3.8) is 0 Å². The van der Waals surface area contributed by atoms with Gasteiger partial charge in [0.1, 0.15) is 0 Å². The summed E-state index contributed by atoms with van der Waals surface area (Å²) in [5.41, 5.74) is 0.833. The van der Waals surface area contributed by atoms with E-state index in [1.807, 2.05) is 30.3 Å². The predicted molar refractivity (Wildman–Crippen MR) is 90.5 cm³/mol. The van der Waals surface area contributed by atoms with Gasteiger partial charge in [0.2, 0.25) is 0 Å². The molecule has 1 fully saturated rings. The fourth-order valence-electron chi connectivity index (χ4n) is 3.38. The third-order valence-electron chi connectivity index (χ3n) is 4.79. The third kappa shape index (κ3) is 3.14. The van der Waals surface area contributed by atoms with E-state index in [0.29, 0.717) is 11.6 Å². The number of halogens is 1. The first-order valence-corrected chi connectivity index (χ1v) is 7.97. The van der Waals surface area contributed by atoms with Crippen molar-refractivity contribution in [2.45, 2.75) is 45.1 Å². The van der Waals surface area contributed by atoms with Gasteiger partial charge in [0.05, 0.1) is 0 Å². The standard InChI is InChI=1S/C18H24ClNO2/c1-5-18(13-6-8-14(19)9-7-13)10-11-20(16(21)22)15(12-18)17(2,3)4/h5-9,15H,1,10-12H2,2-4H3,(H,21,22). The Morgan fingerprint density at radius 2 is 2.00 bits per heavy atom. The zero-order chi connectivity index (χ0) is 16.5. The van der Waals surface area contributed by atoms with Crippen LogP contribution in [-0.2, 0) is 5.41 Å². The lowest BCUT2D eigenvalue weighted by atomic mass is 9.66. The monoisotopic (exact) mass is 321 g/mol. The number of carbonyl (C=O) groups is 1. The summed E-state index contributed by atoms with van der Waals surface area (Å²) in [5.74, 6) is 0. The molecule has 1 aliphatic rings. The maximum absolute atomic E-state index is 11.6. The van der Waals surface area contributed by atoms with Crippen molar-refractivity contribution in [2.75, 3.05) is 6.54 Å². The first kappa shape index (κ1) is 16.9. The molecule has 2 unspecified atom stereocenters. The van der Waals surface area contributed by atoms with Crippen LogP contribution in [0, 0.1) is 5.41 Å². The first-order valence-electron chi connectivity index (χ1n) is 7.59. The second-order valence-electron chi connectivity index (χ2n) is 7.18. The minimum atomic E-state index is -0.839. The zero-order valence-electron chi connectivity index (χ0n) is 13.5. The average molecular weight is 322 g/mol. The van der Waals surface area contributed by atoms with Crippen LogP contribution in [0.5, 0.6) is 0 Å². The van der Waals surface area contributed by atoms with Crippen molar-refractivity contribution >= 4 is 17.7 Å². The largest absolute Gasteiger partial charge is 0.465 e. The molecule has 1 heterocycles. The van der Waals surface area contributed by atoms with E-state index in [1.54, 1.807) is 4.90 Å². The fraction of sp³-hybridized carbons (Fsp3) is 0.500. The van der Waals surface area contributed by atoms with Crippen LogP contribution in [0.1, 0.15) is 39.2 Å². The number of hydrogen-bond acceptors (Lipinski definition) is 1. The molecular weight excluding hydrogens is 298 g/mol. The summed E-state index contributed by atoms with van der Waals surface area (Å²) in [6, 6.07) is 7.78. The van der Waals surface area contributed by atoms with Gasteiger partial charge in [0.15, 0.2) is 0 Å². The topological polar surface area (TPSA) is 40.5 Å². The summed E-state index contributed by atoms with van der Waals surface area (Å²) in [7, 11) is 0. The molecule has 22 heavy (non-hydrogen) atoms. The van der Waals surface area contributed by atoms with Gasteiger partial charge < -0.3 is 10.0 Å². The number of likely N-dealkylation sites (tertiary alicyclic amines) is 1. The molecule has 1 aromatic rings. The molecule has 1 aliphatic heterocycles. The molecule has 3 nitrogen and oxygen atoms in total. The molecule has 1 amide bonds. The maximum Gasteiger partial charge on any atom is 0.407 e. The van der Waals surface area contributed by atoms with Gasteiger partial charge in [-0.05, 0) is 36.0 Å². The Hall–Kier alpha value is -1.48. The van der Waals surface area contributed by atoms with Crippen LogP contribution in [0.15, 0.2) is 36.9 Å². The van der Waals surface area contributed by atoms with Crippen molar-refractivity contribution in [3.8, 4) is 0 Å². The molecule has 2 rings (SSSR count). The van der Waals surface area contributed by atoms with E-state index in [4.69, 9.17) is 11.6 Å². The summed E-state index contributed by atoms with van der Waals surface area (Å²) in [6.45, 7) is 10.8. The molecule has 1 N–H and O–H groups in total. The molecule has 2 atom stereocenters. The van der Waals surface area contributed by atoms with Crippen molar-refractivity contribution < 1.29 is 9.90 Å². The van der Waals surface area contributed by atoms with Gasteiger partial charge in [-0.2, -0.15) is 0 Å². The van der Waals surface area contributed by atoms with Gasteiger partial charge >= 0.3 is 6.09 Å². The number of hydrogen-bond donors (Lipinski definition) is 1. The summed E-state index contributed by atoms with van der Waals surface area (Å²) < 4.78 is 0. The molecule has 0 saturated carbocycles. The molecule has 120 valence electrons. The van der Waals surface area contributed by atoms with E-state index in [0.717, 1.165) is 18.4 Å². The van der Waals surface area contributed by atoms with Crippen molar-refractivity contribution in [3.05, 3.63) is 47.5 Å². The summed E-state index contributed by atoms with van der Waals surface area (Å²) in [4.78, 5) is 13.2. The van der Waals surface area contributed by atoms with Crippen LogP contribution in [0.25, 0.3) is 0 Å². The highest BCUT2D eigenvalue weighted by Crippen LogP contribution is 2.44. The van der Waals surface area contributed by atoms with Crippen molar-refractivity contribution in [2.24, 2.45) is 5.41 Å². The summed E-state index contributed by atoms with van der Waals surface area (Å²) >= 11 is 5.99. The van der Waals surface area contributed by atoms with Crippen LogP contribution >= 0.6 is 11.6 Å². The Kier molecular flexibility index (Phi) is 4.57. The van der Waals surface area contributed by atoms with Crippen LogP contribution in [-0.4, -0.2) is 28.7 Å². The van der Waals surface area contributed by atoms with Gasteiger partial charge in [0.25, 0.3) is 0 Å². The number of piperidine rings is 1. The highest BCUT2D eigenvalue weighted by molar-refractivity contribution is 6.30. The van der Waals surface area contributed by atoms with Crippen LogP contribution in [0.2, 0.25) is 5.02 Å². The molecule has 1 saturated heterocycles. The van der Waals surface area contributed by atoms with Crippen LogP contribution < -0.4 is 0 Å². The molecular formula is C18H24ClNO2. The van der Waals surface area contributed by atoms with E-state index in [9.17, 15) is 9.90 Å². The summed E-state index contributed by atoms with van der Waals surface area (Å²) in [6.07, 6.45) is 2.63. The van der Waals surface area contributed by atoms with E-state index in [1.165, 1.54) is 0 Å². The lowest BCUT2D eigenvalue weighted by Gasteiger charge is -2.49. The number of carboxylic acid groups (broad SMARTS) is 1. The quantitative estimate of drug-likeness (QED) is 0.783. The average Bonchev–Trinajstić information content (AvgIpc) is 2.46. The first-order chi connectivity index (χ1) is 10.2. The Morgan fingerprint density at radius 3 is 2.45 bits per heavy atom. The van der Waals surface area contributed by atoms with E-state index < -0.39 is 6.09 Å². The number of allylic oxidation sites excluding steroid dienone is 1. The fourth-order valence-corrected chi connectivity index (χ4v) is 3.51. The third-order valence-corrected chi connectivity index (χ3v) is 5.04. The predicted octanol–water partition coefficient (Wildman–Crippen LogP) is 4.95. The highest BCUT2D eigenvalue weighted by Gasteiger charge is 2.45. The van der Waals surface area contributed by atoms with Gasteiger partial charge in [-0.3, -0.25) is 0 Å². The Bertz CT molecular complexity index is 561. The second kappa shape index (κ2) is 5.96. The molecule has 0 spiro atoms. The Labute approximate surface area is 137 Å². The van der Waals surface area contributed by atoms with E-state index in [2.05, 4.69) is 27.4 Å². The Balaban J connectivity index is 2.41. The van der Waals surface area contributed by atoms with Gasteiger partial charge in [-0.1, -0.05) is 50.6 Å². The van der Waals surface area contributed by atoms with E-state index in [-0.39, 0.29) is 16.9 Å². The van der Waals surface area contributed by atoms with Crippen LogP contribution in [0.4, 0.5) is 4.79 Å². The minimum Gasteiger partial charge on any atom is -0.465 e. The molecule has 0 aliphatic carbocycles. The smallest absolute Gasteiger partial charge is 0.407 e. The molecule has 4 heteroatoms. The zero-order valence-corrected chi connectivity index (χ0v) is 14.2. The van der Waals surface area contributed by atoms with Gasteiger partial charge in [0, 0.05) is 23.0 Å². The van der Waals surface area contributed by atoms with Crippen molar-refractivity contribution in [1.82, 2.24) is 4.90 Å². The van der Waals surface area contributed by atoms with Crippen LogP contribution in [0.3, 0.4) is 0 Å². The van der Waals surface area contributed by atoms with Gasteiger partial charge in [-0.25, -0.2) is 4.79 Å². The van der Waals surface area contributed by atoms with Crippen molar-refractivity contribution in [1.29, 1.82) is 0 Å². The number of rotatable bonds is 2. The Morgan fingerprint density at radius 1 is 1.41 bits per heavy atom. The molecule has 0 radical (unpaired) electrons. The summed E-state index contributed by atoms with van der Waals surface area (Å²) in [5, 5.41) is 10.2. The lowest BCUT2D eigenvalue weighted by molar-refractivity contribution is 0.0399. The lowest BCUT2D eigenvalue weighted by Crippen LogP contribution is -2.55. The van der Waals surface area contributed by atoms with Gasteiger partial charge in [-0.15, -0.1) is 6.58 Å². The molecule has 0 bridgehead atoms.